The number of aromatic nitrogens is 2. The van der Waals surface area contributed by atoms with Gasteiger partial charge in [-0.05, 0) is 37.1 Å². The van der Waals surface area contributed by atoms with Crippen molar-refractivity contribution in [2.24, 2.45) is 0 Å². The molecule has 2 rings (SSSR count). The first-order valence-corrected chi connectivity index (χ1v) is 6.83. The second kappa shape index (κ2) is 7.49. The van der Waals surface area contributed by atoms with Crippen molar-refractivity contribution in [3.8, 4) is 5.75 Å². The molecule has 6 heteroatoms. The van der Waals surface area contributed by atoms with Crippen molar-refractivity contribution in [2.45, 2.75) is 26.3 Å². The van der Waals surface area contributed by atoms with Crippen molar-refractivity contribution < 1.29 is 9.52 Å². The summed E-state index contributed by atoms with van der Waals surface area (Å²) in [7, 11) is 0. The highest BCUT2D eigenvalue weighted by Gasteiger charge is 2.04. The normalized spacial score (nSPS) is 10.7. The Morgan fingerprint density at radius 2 is 1.95 bits per heavy atom. The first kappa shape index (κ1) is 14.3. The number of anilines is 1. The summed E-state index contributed by atoms with van der Waals surface area (Å²) >= 11 is 0. The summed E-state index contributed by atoms with van der Waals surface area (Å²) in [5.74, 6) is 0.869. The fourth-order valence-corrected chi connectivity index (χ4v) is 1.74. The molecular weight excluding hydrogens is 256 g/mol. The number of aromatic hydroxyl groups is 1. The fraction of sp³-hybridized carbons (Fsp3) is 0.429. The zero-order chi connectivity index (χ0) is 14.2. The lowest BCUT2D eigenvalue weighted by atomic mass is 10.1. The Labute approximate surface area is 118 Å². The highest BCUT2D eigenvalue weighted by molar-refractivity contribution is 5.27. The van der Waals surface area contributed by atoms with Gasteiger partial charge in [-0.15, -0.1) is 5.10 Å². The summed E-state index contributed by atoms with van der Waals surface area (Å²) in [4.78, 5) is 0. The molecule has 0 fully saturated rings. The number of hydrogen-bond acceptors (Lipinski definition) is 6. The molecule has 2 aromatic rings. The van der Waals surface area contributed by atoms with Crippen LogP contribution in [0.3, 0.4) is 0 Å². The zero-order valence-electron chi connectivity index (χ0n) is 11.6. The van der Waals surface area contributed by atoms with E-state index in [0.29, 0.717) is 25.0 Å². The van der Waals surface area contributed by atoms with Crippen molar-refractivity contribution >= 4 is 6.01 Å². The summed E-state index contributed by atoms with van der Waals surface area (Å²) in [5.41, 5.74) is 1.14. The SMILES string of the molecule is CCCNCc1nnc(NCCc2ccc(O)cc2)o1. The maximum absolute atomic E-state index is 9.20. The molecule has 1 aromatic heterocycles. The highest BCUT2D eigenvalue weighted by atomic mass is 16.4. The first-order valence-electron chi connectivity index (χ1n) is 6.83. The van der Waals surface area contributed by atoms with Gasteiger partial charge in [0.25, 0.3) is 0 Å². The van der Waals surface area contributed by atoms with Gasteiger partial charge in [0.2, 0.25) is 5.89 Å². The van der Waals surface area contributed by atoms with Gasteiger partial charge >= 0.3 is 6.01 Å². The van der Waals surface area contributed by atoms with Gasteiger partial charge in [0.15, 0.2) is 0 Å². The average molecular weight is 276 g/mol. The largest absolute Gasteiger partial charge is 0.508 e. The van der Waals surface area contributed by atoms with Crippen LogP contribution in [0.1, 0.15) is 24.8 Å². The Bertz CT molecular complexity index is 510. The van der Waals surface area contributed by atoms with E-state index in [0.717, 1.165) is 24.9 Å². The Morgan fingerprint density at radius 3 is 2.70 bits per heavy atom. The Morgan fingerprint density at radius 1 is 1.15 bits per heavy atom. The van der Waals surface area contributed by atoms with Crippen molar-refractivity contribution in [1.82, 2.24) is 15.5 Å². The molecule has 0 saturated heterocycles. The second-order valence-electron chi connectivity index (χ2n) is 4.52. The van der Waals surface area contributed by atoms with Crippen LogP contribution in [0, 0.1) is 0 Å². The number of nitrogens with one attached hydrogen (secondary N) is 2. The highest BCUT2D eigenvalue weighted by Crippen LogP contribution is 2.10. The van der Waals surface area contributed by atoms with E-state index in [1.54, 1.807) is 12.1 Å². The van der Waals surface area contributed by atoms with Crippen LogP contribution in [-0.2, 0) is 13.0 Å². The van der Waals surface area contributed by atoms with Gasteiger partial charge in [0.05, 0.1) is 6.54 Å². The van der Waals surface area contributed by atoms with E-state index in [1.165, 1.54) is 0 Å². The lowest BCUT2D eigenvalue weighted by molar-refractivity contribution is 0.474. The number of nitrogens with zero attached hydrogens (tertiary/aromatic N) is 2. The van der Waals surface area contributed by atoms with E-state index in [9.17, 15) is 5.11 Å². The minimum atomic E-state index is 0.280. The van der Waals surface area contributed by atoms with Gasteiger partial charge in [0.1, 0.15) is 5.75 Å². The predicted octanol–water partition coefficient (Wildman–Crippen LogP) is 1.93. The molecular formula is C14H20N4O2. The Kier molecular flexibility index (Phi) is 5.37. The summed E-state index contributed by atoms with van der Waals surface area (Å²) in [6.07, 6.45) is 1.90. The maximum Gasteiger partial charge on any atom is 0.315 e. The molecule has 6 nitrogen and oxygen atoms in total. The molecule has 1 aromatic carbocycles. The molecule has 0 bridgehead atoms. The number of benzene rings is 1. The lowest BCUT2D eigenvalue weighted by Gasteiger charge is -2.02. The van der Waals surface area contributed by atoms with Gasteiger partial charge in [-0.2, -0.15) is 0 Å². The summed E-state index contributed by atoms with van der Waals surface area (Å²) < 4.78 is 5.45. The number of rotatable bonds is 8. The standard InChI is InChI=1S/C14H20N4O2/c1-2-8-15-10-13-17-18-14(20-13)16-9-7-11-3-5-12(19)6-4-11/h3-6,15,19H,2,7-10H2,1H3,(H,16,18). The third-order valence-electron chi connectivity index (χ3n) is 2.80. The van der Waals surface area contributed by atoms with E-state index >= 15 is 0 Å². The van der Waals surface area contributed by atoms with Crippen LogP contribution in [0.2, 0.25) is 0 Å². The summed E-state index contributed by atoms with van der Waals surface area (Å²) in [6, 6.07) is 7.59. The van der Waals surface area contributed by atoms with E-state index in [4.69, 9.17) is 4.42 Å². The van der Waals surface area contributed by atoms with Gasteiger partial charge < -0.3 is 20.2 Å². The minimum absolute atomic E-state index is 0.280. The molecule has 0 amide bonds. The quantitative estimate of drug-likeness (QED) is 0.639. The van der Waals surface area contributed by atoms with Crippen LogP contribution in [0.5, 0.6) is 5.75 Å². The van der Waals surface area contributed by atoms with Crippen LogP contribution >= 0.6 is 0 Å². The lowest BCUT2D eigenvalue weighted by Crippen LogP contribution is -2.13. The third kappa shape index (κ3) is 4.55. The van der Waals surface area contributed by atoms with E-state index in [-0.39, 0.29) is 5.75 Å². The van der Waals surface area contributed by atoms with Crippen LogP contribution in [-0.4, -0.2) is 28.4 Å². The molecule has 0 spiro atoms. The molecule has 0 atom stereocenters. The number of phenolic OH excluding ortho intramolecular Hbond substituents is 1. The van der Waals surface area contributed by atoms with E-state index in [2.05, 4.69) is 27.8 Å². The maximum atomic E-state index is 9.20. The average Bonchev–Trinajstić information content (AvgIpc) is 2.89. The van der Waals surface area contributed by atoms with Crippen LogP contribution in [0.4, 0.5) is 6.01 Å². The van der Waals surface area contributed by atoms with Crippen LogP contribution in [0.15, 0.2) is 28.7 Å². The van der Waals surface area contributed by atoms with Gasteiger partial charge in [0, 0.05) is 6.54 Å². The second-order valence-corrected chi connectivity index (χ2v) is 4.52. The van der Waals surface area contributed by atoms with Crippen molar-refractivity contribution in [1.29, 1.82) is 0 Å². The molecule has 0 saturated carbocycles. The first-order chi connectivity index (χ1) is 9.78. The molecule has 108 valence electrons. The van der Waals surface area contributed by atoms with Gasteiger partial charge in [-0.1, -0.05) is 24.2 Å². The number of phenols is 1. The van der Waals surface area contributed by atoms with Crippen molar-refractivity contribution in [3.05, 3.63) is 35.7 Å². The monoisotopic (exact) mass is 276 g/mol. The number of hydrogen-bond donors (Lipinski definition) is 3. The summed E-state index contributed by atoms with van der Waals surface area (Å²) in [5, 5.41) is 23.4. The predicted molar refractivity (Wildman–Crippen MR) is 76.6 cm³/mol. The molecule has 3 N–H and O–H groups in total. The Balaban J connectivity index is 1.72. The zero-order valence-corrected chi connectivity index (χ0v) is 11.6. The molecule has 0 radical (unpaired) electrons. The molecule has 0 aliphatic heterocycles. The van der Waals surface area contributed by atoms with Crippen LogP contribution in [0.25, 0.3) is 0 Å². The molecule has 0 unspecified atom stereocenters. The topological polar surface area (TPSA) is 83.2 Å². The minimum Gasteiger partial charge on any atom is -0.508 e. The van der Waals surface area contributed by atoms with Crippen molar-refractivity contribution in [2.75, 3.05) is 18.4 Å². The fourth-order valence-electron chi connectivity index (χ4n) is 1.74. The van der Waals surface area contributed by atoms with Gasteiger partial charge in [-0.25, -0.2) is 0 Å². The van der Waals surface area contributed by atoms with E-state index < -0.39 is 0 Å². The molecule has 20 heavy (non-hydrogen) atoms. The van der Waals surface area contributed by atoms with Gasteiger partial charge in [-0.3, -0.25) is 0 Å². The Hall–Kier alpha value is -2.08. The van der Waals surface area contributed by atoms with Crippen LogP contribution < -0.4 is 10.6 Å². The van der Waals surface area contributed by atoms with E-state index in [1.807, 2.05) is 12.1 Å². The summed E-state index contributed by atoms with van der Waals surface area (Å²) in [6.45, 7) is 4.35. The third-order valence-corrected chi connectivity index (χ3v) is 2.80. The van der Waals surface area contributed by atoms with Crippen molar-refractivity contribution in [3.63, 3.8) is 0 Å². The molecule has 0 aliphatic rings. The smallest absolute Gasteiger partial charge is 0.315 e. The molecule has 0 aliphatic carbocycles. The molecule has 1 heterocycles.